The van der Waals surface area contributed by atoms with E-state index < -0.39 is 0 Å². The minimum Gasteiger partial charge on any atom is -0.489 e. The molecule has 4 aromatic rings. The molecule has 0 aliphatic carbocycles. The van der Waals surface area contributed by atoms with E-state index in [-0.39, 0.29) is 11.9 Å². The minimum atomic E-state index is -0.228. The molecule has 28 heavy (non-hydrogen) atoms. The summed E-state index contributed by atoms with van der Waals surface area (Å²) in [6, 6.07) is 21.4. The quantitative estimate of drug-likeness (QED) is 0.513. The number of nitrogens with zero attached hydrogens (tertiary/aromatic N) is 3. The second kappa shape index (κ2) is 8.49. The van der Waals surface area contributed by atoms with Crippen molar-refractivity contribution in [1.82, 2.24) is 14.8 Å². The fraction of sp³-hybridized carbons (Fsp3) is 0.0952. The molecule has 2 aromatic carbocycles. The van der Waals surface area contributed by atoms with Crippen LogP contribution in [0.4, 0.5) is 5.95 Å². The number of carbonyl (C=O) groups is 1. The van der Waals surface area contributed by atoms with Gasteiger partial charge in [0.05, 0.1) is 11.4 Å². The first kappa shape index (κ1) is 17.9. The van der Waals surface area contributed by atoms with Crippen LogP contribution in [0, 0.1) is 0 Å². The number of thiophene rings is 1. The molecule has 0 saturated heterocycles. The van der Waals surface area contributed by atoms with Gasteiger partial charge in [-0.15, -0.1) is 16.4 Å². The van der Waals surface area contributed by atoms with E-state index in [9.17, 15) is 4.79 Å². The van der Waals surface area contributed by atoms with Gasteiger partial charge in [0, 0.05) is 5.56 Å². The largest absolute Gasteiger partial charge is 0.489 e. The Balaban J connectivity index is 1.33. The number of aromatic nitrogens is 3. The molecule has 0 bridgehead atoms. The maximum atomic E-state index is 12.4. The van der Waals surface area contributed by atoms with Gasteiger partial charge in [-0.1, -0.05) is 48.5 Å². The van der Waals surface area contributed by atoms with Crippen molar-refractivity contribution in [1.29, 1.82) is 0 Å². The summed E-state index contributed by atoms with van der Waals surface area (Å²) in [7, 11) is 0. The molecule has 0 fully saturated rings. The van der Waals surface area contributed by atoms with Gasteiger partial charge in [0.25, 0.3) is 5.91 Å². The van der Waals surface area contributed by atoms with Crippen molar-refractivity contribution in [2.24, 2.45) is 0 Å². The van der Waals surface area contributed by atoms with Crippen LogP contribution in [0.15, 0.2) is 78.4 Å². The summed E-state index contributed by atoms with van der Waals surface area (Å²) < 4.78 is 7.40. The summed E-state index contributed by atoms with van der Waals surface area (Å²) in [4.78, 5) is 17.2. The maximum absolute atomic E-state index is 12.4. The number of amides is 1. The van der Waals surface area contributed by atoms with Crippen LogP contribution in [0.3, 0.4) is 0 Å². The van der Waals surface area contributed by atoms with Gasteiger partial charge in [-0.25, -0.2) is 9.67 Å². The van der Waals surface area contributed by atoms with Crippen LogP contribution >= 0.6 is 11.3 Å². The third-order valence-electron chi connectivity index (χ3n) is 3.98. The number of hydrogen-bond donors (Lipinski definition) is 1. The normalized spacial score (nSPS) is 10.6. The SMILES string of the molecule is O=C(Nc1ncn(Cc2ccccc2)n1)c1cc(COc2ccccc2)cs1. The second-order valence-corrected chi connectivity index (χ2v) is 7.04. The monoisotopic (exact) mass is 390 g/mol. The van der Waals surface area contributed by atoms with Gasteiger partial charge in [0.1, 0.15) is 18.7 Å². The fourth-order valence-electron chi connectivity index (χ4n) is 2.62. The topological polar surface area (TPSA) is 69.0 Å². The third kappa shape index (κ3) is 4.63. The van der Waals surface area contributed by atoms with Gasteiger partial charge in [0.2, 0.25) is 5.95 Å². The van der Waals surface area contributed by atoms with Gasteiger partial charge in [0.15, 0.2) is 0 Å². The molecular formula is C21H18N4O2S. The van der Waals surface area contributed by atoms with Crippen LogP contribution in [0.2, 0.25) is 0 Å². The first-order chi connectivity index (χ1) is 13.8. The highest BCUT2D eigenvalue weighted by molar-refractivity contribution is 7.12. The van der Waals surface area contributed by atoms with Crippen molar-refractivity contribution >= 4 is 23.2 Å². The second-order valence-electron chi connectivity index (χ2n) is 6.13. The van der Waals surface area contributed by atoms with Crippen molar-refractivity contribution in [3.05, 3.63) is 94.4 Å². The lowest BCUT2D eigenvalue weighted by atomic mass is 10.2. The van der Waals surface area contributed by atoms with Gasteiger partial charge >= 0.3 is 0 Å². The summed E-state index contributed by atoms with van der Waals surface area (Å²) in [5, 5.41) is 8.96. The van der Waals surface area contributed by atoms with E-state index in [0.29, 0.717) is 18.0 Å². The van der Waals surface area contributed by atoms with E-state index in [0.717, 1.165) is 16.9 Å². The Morgan fingerprint density at radius 1 is 1.04 bits per heavy atom. The van der Waals surface area contributed by atoms with E-state index in [1.165, 1.54) is 11.3 Å². The highest BCUT2D eigenvalue weighted by Crippen LogP contribution is 2.18. The van der Waals surface area contributed by atoms with Crippen LogP contribution in [-0.2, 0) is 13.2 Å². The molecule has 0 atom stereocenters. The Bertz CT molecular complexity index is 1040. The molecule has 0 aliphatic heterocycles. The van der Waals surface area contributed by atoms with Crippen molar-refractivity contribution in [2.45, 2.75) is 13.2 Å². The third-order valence-corrected chi connectivity index (χ3v) is 4.95. The van der Waals surface area contributed by atoms with E-state index in [1.807, 2.05) is 72.1 Å². The predicted molar refractivity (Wildman–Crippen MR) is 109 cm³/mol. The lowest BCUT2D eigenvalue weighted by Gasteiger charge is -2.03. The predicted octanol–water partition coefficient (Wildman–Crippen LogP) is 4.22. The molecule has 0 spiro atoms. The van der Waals surface area contributed by atoms with Crippen LogP contribution in [0.25, 0.3) is 0 Å². The summed E-state index contributed by atoms with van der Waals surface area (Å²) in [6.45, 7) is 1.02. The number of rotatable bonds is 7. The first-order valence-corrected chi connectivity index (χ1v) is 9.64. The number of benzene rings is 2. The van der Waals surface area contributed by atoms with Crippen LogP contribution < -0.4 is 10.1 Å². The lowest BCUT2D eigenvalue weighted by molar-refractivity contribution is 0.102. The highest BCUT2D eigenvalue weighted by Gasteiger charge is 2.12. The van der Waals surface area contributed by atoms with Crippen LogP contribution in [0.1, 0.15) is 20.8 Å². The Morgan fingerprint density at radius 3 is 2.57 bits per heavy atom. The minimum absolute atomic E-state index is 0.228. The number of carbonyl (C=O) groups excluding carboxylic acids is 1. The average molecular weight is 390 g/mol. The van der Waals surface area contributed by atoms with E-state index in [2.05, 4.69) is 15.4 Å². The molecule has 4 rings (SSSR count). The summed E-state index contributed by atoms with van der Waals surface area (Å²) in [5.41, 5.74) is 2.06. The summed E-state index contributed by atoms with van der Waals surface area (Å²) in [5.74, 6) is 0.859. The number of nitrogens with one attached hydrogen (secondary N) is 1. The summed E-state index contributed by atoms with van der Waals surface area (Å²) >= 11 is 1.37. The molecule has 2 heterocycles. The smallest absolute Gasteiger partial charge is 0.268 e. The molecule has 6 nitrogen and oxygen atoms in total. The Hall–Kier alpha value is -3.45. The van der Waals surface area contributed by atoms with Crippen molar-refractivity contribution < 1.29 is 9.53 Å². The number of para-hydroxylation sites is 1. The molecule has 0 radical (unpaired) electrons. The van der Waals surface area contributed by atoms with Gasteiger partial charge in [-0.2, -0.15) is 0 Å². The molecule has 0 aliphatic rings. The van der Waals surface area contributed by atoms with Crippen molar-refractivity contribution in [3.63, 3.8) is 0 Å². The Labute approximate surface area is 166 Å². The molecule has 2 aromatic heterocycles. The van der Waals surface area contributed by atoms with Gasteiger partial charge < -0.3 is 4.74 Å². The zero-order chi connectivity index (χ0) is 19.2. The molecule has 7 heteroatoms. The highest BCUT2D eigenvalue weighted by atomic mass is 32.1. The van der Waals surface area contributed by atoms with E-state index in [4.69, 9.17) is 4.74 Å². The first-order valence-electron chi connectivity index (χ1n) is 8.76. The number of ether oxygens (including phenoxy) is 1. The zero-order valence-corrected chi connectivity index (χ0v) is 15.8. The van der Waals surface area contributed by atoms with Gasteiger partial charge in [-0.3, -0.25) is 10.1 Å². The van der Waals surface area contributed by atoms with Gasteiger partial charge in [-0.05, 0) is 29.1 Å². The fourth-order valence-corrected chi connectivity index (χ4v) is 3.41. The molecule has 0 unspecified atom stereocenters. The van der Waals surface area contributed by atoms with Crippen LogP contribution in [0.5, 0.6) is 5.75 Å². The summed E-state index contributed by atoms with van der Waals surface area (Å²) in [6.07, 6.45) is 1.61. The Morgan fingerprint density at radius 2 is 1.79 bits per heavy atom. The number of hydrogen-bond acceptors (Lipinski definition) is 5. The number of anilines is 1. The van der Waals surface area contributed by atoms with E-state index in [1.54, 1.807) is 11.0 Å². The molecule has 0 saturated carbocycles. The lowest BCUT2D eigenvalue weighted by Crippen LogP contribution is -2.12. The Kier molecular flexibility index (Phi) is 5.44. The van der Waals surface area contributed by atoms with E-state index >= 15 is 0 Å². The molecule has 1 N–H and O–H groups in total. The zero-order valence-electron chi connectivity index (χ0n) is 15.0. The molecule has 140 valence electrons. The average Bonchev–Trinajstić information content (AvgIpc) is 3.38. The molecular weight excluding hydrogens is 372 g/mol. The van der Waals surface area contributed by atoms with Crippen molar-refractivity contribution in [3.8, 4) is 5.75 Å². The standard InChI is InChI=1S/C21H18N4O2S/c26-20(19-11-17(14-28-19)13-27-18-9-5-2-6-10-18)23-21-22-15-25(24-21)12-16-7-3-1-4-8-16/h1-11,14-15H,12-13H2,(H,23,24,26). The molecule has 1 amide bonds. The maximum Gasteiger partial charge on any atom is 0.268 e. The van der Waals surface area contributed by atoms with Crippen molar-refractivity contribution in [2.75, 3.05) is 5.32 Å². The van der Waals surface area contributed by atoms with Crippen LogP contribution in [-0.4, -0.2) is 20.7 Å².